The normalized spacial score (nSPS) is 21.7. The summed E-state index contributed by atoms with van der Waals surface area (Å²) in [5, 5.41) is 14.2. The SMILES string of the molecule is O=S1(=O)CCC(Nc2nncc(Nc3ccc(N4CCCC4)cc3)n2)C1. The molecule has 2 aliphatic heterocycles. The molecule has 8 nitrogen and oxygen atoms in total. The lowest BCUT2D eigenvalue weighted by atomic mass is 10.2. The van der Waals surface area contributed by atoms with E-state index >= 15 is 0 Å². The van der Waals surface area contributed by atoms with Crippen LogP contribution in [-0.4, -0.2) is 54.2 Å². The van der Waals surface area contributed by atoms with Crippen LogP contribution in [0, 0.1) is 0 Å². The van der Waals surface area contributed by atoms with Crippen molar-refractivity contribution in [3.05, 3.63) is 30.5 Å². The minimum Gasteiger partial charge on any atom is -0.372 e. The lowest BCUT2D eigenvalue weighted by Crippen LogP contribution is -2.22. The second-order valence-electron chi connectivity index (χ2n) is 6.78. The Morgan fingerprint density at radius 2 is 1.88 bits per heavy atom. The highest BCUT2D eigenvalue weighted by Gasteiger charge is 2.28. The molecule has 138 valence electrons. The van der Waals surface area contributed by atoms with E-state index in [9.17, 15) is 8.42 Å². The van der Waals surface area contributed by atoms with Crippen molar-refractivity contribution in [1.29, 1.82) is 0 Å². The van der Waals surface area contributed by atoms with Crippen molar-refractivity contribution in [2.24, 2.45) is 0 Å². The fourth-order valence-electron chi connectivity index (χ4n) is 3.40. The Kier molecular flexibility index (Phi) is 4.62. The third-order valence-corrected chi connectivity index (χ3v) is 6.50. The maximum Gasteiger partial charge on any atom is 0.244 e. The number of hydrogen-bond donors (Lipinski definition) is 2. The van der Waals surface area contributed by atoms with Crippen LogP contribution in [0.4, 0.5) is 23.1 Å². The van der Waals surface area contributed by atoms with Crippen molar-refractivity contribution in [2.75, 3.05) is 40.1 Å². The standard InChI is InChI=1S/C17H22N6O2S/c24-26(25)10-7-14(12-26)20-17-21-16(11-18-22-17)19-13-3-5-15(6-4-13)23-8-1-2-9-23/h3-6,11,14H,1-2,7-10,12H2,(H2,19,20,21,22). The van der Waals surface area contributed by atoms with E-state index in [1.54, 1.807) is 6.20 Å². The summed E-state index contributed by atoms with van der Waals surface area (Å²) in [6, 6.07) is 8.09. The van der Waals surface area contributed by atoms with Gasteiger partial charge in [0.15, 0.2) is 15.7 Å². The topological polar surface area (TPSA) is 100 Å². The van der Waals surface area contributed by atoms with Crippen molar-refractivity contribution in [2.45, 2.75) is 25.3 Å². The summed E-state index contributed by atoms with van der Waals surface area (Å²) in [5.74, 6) is 1.23. The second kappa shape index (κ2) is 7.06. The van der Waals surface area contributed by atoms with E-state index in [1.807, 2.05) is 12.1 Å². The third kappa shape index (κ3) is 4.04. The number of rotatable bonds is 5. The molecule has 9 heteroatoms. The molecule has 0 aliphatic carbocycles. The Hall–Kier alpha value is -2.42. The average Bonchev–Trinajstić information content (AvgIpc) is 3.26. The first-order chi connectivity index (χ1) is 12.6. The van der Waals surface area contributed by atoms with E-state index in [4.69, 9.17) is 0 Å². The lowest BCUT2D eigenvalue weighted by Gasteiger charge is -2.18. The van der Waals surface area contributed by atoms with Crippen LogP contribution in [-0.2, 0) is 9.84 Å². The summed E-state index contributed by atoms with van der Waals surface area (Å²) in [7, 11) is -2.94. The number of anilines is 4. The van der Waals surface area contributed by atoms with Gasteiger partial charge in [-0.2, -0.15) is 10.1 Å². The summed E-state index contributed by atoms with van der Waals surface area (Å²) in [5.41, 5.74) is 2.15. The van der Waals surface area contributed by atoms with E-state index in [0.717, 1.165) is 18.8 Å². The molecule has 26 heavy (non-hydrogen) atoms. The molecule has 0 bridgehead atoms. The largest absolute Gasteiger partial charge is 0.372 e. The minimum absolute atomic E-state index is 0.117. The van der Waals surface area contributed by atoms with Crippen molar-refractivity contribution in [3.63, 3.8) is 0 Å². The average molecular weight is 374 g/mol. The van der Waals surface area contributed by atoms with E-state index in [0.29, 0.717) is 18.2 Å². The highest BCUT2D eigenvalue weighted by Crippen LogP contribution is 2.23. The van der Waals surface area contributed by atoms with Crippen LogP contribution in [0.2, 0.25) is 0 Å². The molecule has 1 atom stereocenters. The first-order valence-electron chi connectivity index (χ1n) is 8.86. The Labute approximate surface area is 153 Å². The molecule has 2 aliphatic rings. The maximum absolute atomic E-state index is 11.5. The predicted octanol–water partition coefficient (Wildman–Crippen LogP) is 1.81. The van der Waals surface area contributed by atoms with Crippen LogP contribution in [0.15, 0.2) is 30.5 Å². The molecular weight excluding hydrogens is 352 g/mol. The number of hydrogen-bond acceptors (Lipinski definition) is 8. The number of nitrogens with one attached hydrogen (secondary N) is 2. The molecule has 0 spiro atoms. The predicted molar refractivity (Wildman–Crippen MR) is 102 cm³/mol. The van der Waals surface area contributed by atoms with Gasteiger partial charge in [-0.3, -0.25) is 0 Å². The highest BCUT2D eigenvalue weighted by molar-refractivity contribution is 7.91. The van der Waals surface area contributed by atoms with Gasteiger partial charge in [0.05, 0.1) is 17.7 Å². The molecule has 2 N–H and O–H groups in total. The van der Waals surface area contributed by atoms with Crippen molar-refractivity contribution in [1.82, 2.24) is 15.2 Å². The number of nitrogens with zero attached hydrogens (tertiary/aromatic N) is 4. The molecule has 0 amide bonds. The first-order valence-corrected chi connectivity index (χ1v) is 10.7. The molecule has 2 aromatic rings. The van der Waals surface area contributed by atoms with Gasteiger partial charge in [-0.25, -0.2) is 8.42 Å². The molecule has 1 unspecified atom stereocenters. The van der Waals surface area contributed by atoms with Gasteiger partial charge in [0.25, 0.3) is 0 Å². The lowest BCUT2D eigenvalue weighted by molar-refractivity contribution is 0.602. The Bertz CT molecular complexity index is 865. The fraction of sp³-hybridized carbons (Fsp3) is 0.471. The van der Waals surface area contributed by atoms with Crippen LogP contribution in [0.1, 0.15) is 19.3 Å². The van der Waals surface area contributed by atoms with Gasteiger partial charge in [0.1, 0.15) is 0 Å². The van der Waals surface area contributed by atoms with Crippen LogP contribution in [0.5, 0.6) is 0 Å². The molecular formula is C17H22N6O2S. The quantitative estimate of drug-likeness (QED) is 0.817. The number of benzene rings is 1. The molecule has 2 saturated heterocycles. The Balaban J connectivity index is 1.40. The van der Waals surface area contributed by atoms with Crippen LogP contribution in [0.3, 0.4) is 0 Å². The third-order valence-electron chi connectivity index (χ3n) is 4.74. The number of sulfone groups is 1. The van der Waals surface area contributed by atoms with Crippen molar-refractivity contribution < 1.29 is 8.42 Å². The highest BCUT2D eigenvalue weighted by atomic mass is 32.2. The molecule has 0 saturated carbocycles. The molecule has 4 rings (SSSR count). The smallest absolute Gasteiger partial charge is 0.244 e. The Morgan fingerprint density at radius 3 is 2.58 bits per heavy atom. The zero-order valence-electron chi connectivity index (χ0n) is 14.4. The number of aromatic nitrogens is 3. The minimum atomic E-state index is -2.94. The Morgan fingerprint density at radius 1 is 1.12 bits per heavy atom. The van der Waals surface area contributed by atoms with Gasteiger partial charge in [-0.05, 0) is 43.5 Å². The van der Waals surface area contributed by atoms with Gasteiger partial charge in [0.2, 0.25) is 5.95 Å². The maximum atomic E-state index is 11.5. The second-order valence-corrected chi connectivity index (χ2v) is 9.00. The van der Waals surface area contributed by atoms with Gasteiger partial charge in [-0.1, -0.05) is 0 Å². The molecule has 0 radical (unpaired) electrons. The van der Waals surface area contributed by atoms with Crippen LogP contribution < -0.4 is 15.5 Å². The fourth-order valence-corrected chi connectivity index (χ4v) is 5.07. The summed E-state index contributed by atoms with van der Waals surface area (Å²) in [6.45, 7) is 2.24. The zero-order chi connectivity index (χ0) is 18.0. The molecule has 2 fully saturated rings. The van der Waals surface area contributed by atoms with Gasteiger partial charge >= 0.3 is 0 Å². The van der Waals surface area contributed by atoms with Gasteiger partial charge in [0, 0.05) is 30.5 Å². The molecule has 1 aromatic heterocycles. The zero-order valence-corrected chi connectivity index (χ0v) is 15.2. The summed E-state index contributed by atoms with van der Waals surface area (Å²) in [4.78, 5) is 6.76. The van der Waals surface area contributed by atoms with Gasteiger partial charge in [-0.15, -0.1) is 5.10 Å². The summed E-state index contributed by atoms with van der Waals surface area (Å²) < 4.78 is 23.1. The van der Waals surface area contributed by atoms with Gasteiger partial charge < -0.3 is 15.5 Å². The van der Waals surface area contributed by atoms with Crippen LogP contribution >= 0.6 is 0 Å². The van der Waals surface area contributed by atoms with E-state index in [1.165, 1.54) is 18.5 Å². The molecule has 3 heterocycles. The van der Waals surface area contributed by atoms with Crippen molar-refractivity contribution in [3.8, 4) is 0 Å². The van der Waals surface area contributed by atoms with Crippen LogP contribution in [0.25, 0.3) is 0 Å². The van der Waals surface area contributed by atoms with E-state index < -0.39 is 9.84 Å². The summed E-state index contributed by atoms with van der Waals surface area (Å²) in [6.07, 6.45) is 4.63. The molecule has 1 aromatic carbocycles. The summed E-state index contributed by atoms with van der Waals surface area (Å²) >= 11 is 0. The van der Waals surface area contributed by atoms with E-state index in [-0.39, 0.29) is 17.5 Å². The first kappa shape index (κ1) is 17.0. The monoisotopic (exact) mass is 374 g/mol. The van der Waals surface area contributed by atoms with Crippen molar-refractivity contribution >= 4 is 33.0 Å². The van der Waals surface area contributed by atoms with E-state index in [2.05, 4.69) is 42.8 Å².